The van der Waals surface area contributed by atoms with Crippen LogP contribution < -0.4 is 4.74 Å². The van der Waals surface area contributed by atoms with Gasteiger partial charge >= 0.3 is 11.8 Å². The lowest BCUT2D eigenvalue weighted by Gasteiger charge is -2.28. The number of ether oxygens (including phenoxy) is 1. The first-order chi connectivity index (χ1) is 15.0. The third-order valence-corrected chi connectivity index (χ3v) is 6.03. The topological polar surface area (TPSA) is 24.8 Å². The van der Waals surface area contributed by atoms with Crippen molar-refractivity contribution in [2.24, 2.45) is 4.99 Å². The van der Waals surface area contributed by atoms with E-state index < -0.39 is 16.8 Å². The monoisotopic (exact) mass is 464 g/mol. The second-order valence-corrected chi connectivity index (χ2v) is 8.60. The van der Waals surface area contributed by atoms with Crippen LogP contribution >= 0.6 is 11.8 Å². The highest BCUT2D eigenvalue weighted by Gasteiger charge is 2.58. The Morgan fingerprint density at radius 2 is 1.84 bits per heavy atom. The molecule has 0 heterocycles. The van der Waals surface area contributed by atoms with Crippen molar-refractivity contribution in [2.75, 3.05) is 13.6 Å². The van der Waals surface area contributed by atoms with Crippen molar-refractivity contribution >= 4 is 23.8 Å². The second-order valence-electron chi connectivity index (χ2n) is 7.49. The van der Waals surface area contributed by atoms with E-state index in [4.69, 9.17) is 4.74 Å². The Morgan fingerprint density at radius 1 is 1.09 bits per heavy atom. The fourth-order valence-corrected chi connectivity index (χ4v) is 3.84. The summed E-state index contributed by atoms with van der Waals surface area (Å²) in [6.07, 6.45) is 3.94. The summed E-state index contributed by atoms with van der Waals surface area (Å²) in [6.45, 7) is 6.68. The molecule has 0 fully saturated rings. The van der Waals surface area contributed by atoms with Crippen LogP contribution in [0.5, 0.6) is 11.5 Å². The number of benzene rings is 2. The number of aryl methyl sites for hydroxylation is 2. The van der Waals surface area contributed by atoms with Crippen molar-refractivity contribution < 1.29 is 22.3 Å². The highest BCUT2D eigenvalue weighted by atomic mass is 32.2. The molecule has 0 bridgehead atoms. The molecule has 0 aliphatic heterocycles. The number of hydrogen-bond donors (Lipinski definition) is 0. The van der Waals surface area contributed by atoms with E-state index in [0.29, 0.717) is 28.2 Å². The summed E-state index contributed by atoms with van der Waals surface area (Å²) in [5, 5.41) is 0. The summed E-state index contributed by atoms with van der Waals surface area (Å²) < 4.78 is 61.4. The van der Waals surface area contributed by atoms with Crippen molar-refractivity contribution in [3.8, 4) is 11.5 Å². The Kier molecular flexibility index (Phi) is 7.03. The van der Waals surface area contributed by atoms with Gasteiger partial charge in [-0.25, -0.2) is 4.99 Å². The van der Waals surface area contributed by atoms with Crippen LogP contribution in [0.25, 0.3) is 0 Å². The van der Waals surface area contributed by atoms with E-state index in [1.165, 1.54) is 0 Å². The smallest absolute Gasteiger partial charge is 0.345 e. The molecule has 0 aromatic heterocycles. The van der Waals surface area contributed by atoms with Crippen molar-refractivity contribution in [2.45, 2.75) is 37.5 Å². The number of thioether (sulfide) groups is 1. The highest BCUT2D eigenvalue weighted by molar-refractivity contribution is 8.03. The lowest BCUT2D eigenvalue weighted by atomic mass is 10.1. The van der Waals surface area contributed by atoms with Crippen LogP contribution in [0.4, 0.5) is 23.2 Å². The van der Waals surface area contributed by atoms with Crippen LogP contribution in [0.15, 0.2) is 69.4 Å². The molecule has 2 aromatic carbocycles. The molecule has 0 radical (unpaired) electrons. The minimum absolute atomic E-state index is 0.218. The van der Waals surface area contributed by atoms with Gasteiger partial charge in [0.05, 0.1) is 16.9 Å². The number of alkyl halides is 4. The molecular weight excluding hydrogens is 440 g/mol. The standard InChI is InChI=1S/C24H24F4N2OS/c1-5-30(4)15-29-20-12-17(3)21(13-16(20)2)31-18-8-6-9-19(14-18)32-22-10-7-11-23(25,26)24(22,27)28/h6-15H,5H2,1-4H3. The molecule has 2 aromatic rings. The van der Waals surface area contributed by atoms with Crippen LogP contribution in [0.1, 0.15) is 18.1 Å². The lowest BCUT2D eigenvalue weighted by molar-refractivity contribution is -0.150. The SMILES string of the molecule is CCN(C)C=Nc1cc(C)c(Oc2cccc(SC3=CC=CC(F)(F)C3(F)F)c2)cc1C. The Bertz CT molecular complexity index is 1080. The van der Waals surface area contributed by atoms with Gasteiger partial charge in [0.15, 0.2) is 0 Å². The van der Waals surface area contributed by atoms with E-state index in [0.717, 1.165) is 35.5 Å². The molecule has 8 heteroatoms. The van der Waals surface area contributed by atoms with Gasteiger partial charge in [-0.3, -0.25) is 0 Å². The highest BCUT2D eigenvalue weighted by Crippen LogP contribution is 2.49. The molecule has 1 aliphatic carbocycles. The minimum Gasteiger partial charge on any atom is -0.457 e. The van der Waals surface area contributed by atoms with Gasteiger partial charge in [0.2, 0.25) is 0 Å². The molecule has 1 aliphatic rings. The first-order valence-corrected chi connectivity index (χ1v) is 10.8. The molecule has 0 N–H and O–H groups in total. The zero-order valence-electron chi connectivity index (χ0n) is 18.2. The number of hydrogen-bond acceptors (Lipinski definition) is 3. The number of halogens is 4. The molecule has 3 rings (SSSR count). The quantitative estimate of drug-likeness (QED) is 0.241. The first kappa shape index (κ1) is 23.9. The van der Waals surface area contributed by atoms with Crippen LogP contribution in [-0.2, 0) is 0 Å². The molecule has 32 heavy (non-hydrogen) atoms. The summed E-state index contributed by atoms with van der Waals surface area (Å²) in [5.74, 6) is -7.46. The lowest BCUT2D eigenvalue weighted by Crippen LogP contribution is -2.41. The first-order valence-electron chi connectivity index (χ1n) is 10.0. The largest absolute Gasteiger partial charge is 0.457 e. The third kappa shape index (κ3) is 5.18. The Balaban J connectivity index is 1.80. The van der Waals surface area contributed by atoms with Gasteiger partial charge in [0, 0.05) is 18.5 Å². The molecule has 0 atom stereocenters. The molecule has 3 nitrogen and oxygen atoms in total. The predicted octanol–water partition coefficient (Wildman–Crippen LogP) is 7.52. The molecule has 170 valence electrons. The summed E-state index contributed by atoms with van der Waals surface area (Å²) in [5.41, 5.74) is 2.59. The van der Waals surface area contributed by atoms with Gasteiger partial charge in [-0.2, -0.15) is 17.6 Å². The van der Waals surface area contributed by atoms with E-state index in [9.17, 15) is 17.6 Å². The van der Waals surface area contributed by atoms with Crippen molar-refractivity contribution in [1.29, 1.82) is 0 Å². The van der Waals surface area contributed by atoms with Crippen molar-refractivity contribution in [3.05, 3.63) is 70.7 Å². The molecular formula is C24H24F4N2OS. The fourth-order valence-electron chi connectivity index (χ4n) is 2.85. The maximum absolute atomic E-state index is 14.1. The predicted molar refractivity (Wildman–Crippen MR) is 122 cm³/mol. The number of allylic oxidation sites excluding steroid dienone is 4. The average Bonchev–Trinajstić information content (AvgIpc) is 2.73. The van der Waals surface area contributed by atoms with Crippen LogP contribution in [0, 0.1) is 13.8 Å². The normalized spacial score (nSPS) is 16.8. The summed E-state index contributed by atoms with van der Waals surface area (Å²) in [6, 6.07) is 10.2. The Hall–Kier alpha value is -2.74. The third-order valence-electron chi connectivity index (χ3n) is 4.93. The fraction of sp³-hybridized carbons (Fsp3) is 0.292. The van der Waals surface area contributed by atoms with E-state index in [1.54, 1.807) is 30.6 Å². The van der Waals surface area contributed by atoms with E-state index in [-0.39, 0.29) is 6.08 Å². The molecule has 0 saturated heterocycles. The van der Waals surface area contributed by atoms with Crippen LogP contribution in [-0.4, -0.2) is 36.7 Å². The van der Waals surface area contributed by atoms with Crippen molar-refractivity contribution in [3.63, 3.8) is 0 Å². The molecule has 0 amide bonds. The average molecular weight is 465 g/mol. The summed E-state index contributed by atoms with van der Waals surface area (Å²) in [4.78, 5) is 6.10. The van der Waals surface area contributed by atoms with Crippen molar-refractivity contribution in [1.82, 2.24) is 4.90 Å². The minimum atomic E-state index is -4.26. The van der Waals surface area contributed by atoms with Gasteiger partial charge < -0.3 is 9.64 Å². The number of aliphatic imine (C=N–C) groups is 1. The Morgan fingerprint density at radius 3 is 2.56 bits per heavy atom. The summed E-state index contributed by atoms with van der Waals surface area (Å²) >= 11 is 0.596. The van der Waals surface area contributed by atoms with Crippen LogP contribution in [0.2, 0.25) is 0 Å². The Labute approximate surface area is 189 Å². The van der Waals surface area contributed by atoms with Gasteiger partial charge in [-0.15, -0.1) is 0 Å². The van der Waals surface area contributed by atoms with E-state index in [2.05, 4.69) is 4.99 Å². The van der Waals surface area contributed by atoms with Gasteiger partial charge in [0.25, 0.3) is 0 Å². The molecule has 0 saturated carbocycles. The summed E-state index contributed by atoms with van der Waals surface area (Å²) in [7, 11) is 1.94. The molecule has 0 spiro atoms. The van der Waals surface area contributed by atoms with E-state index in [1.807, 2.05) is 44.9 Å². The number of nitrogens with zero attached hydrogens (tertiary/aromatic N) is 2. The van der Waals surface area contributed by atoms with Gasteiger partial charge in [-0.1, -0.05) is 23.9 Å². The number of rotatable bonds is 7. The van der Waals surface area contributed by atoms with Crippen LogP contribution in [0.3, 0.4) is 0 Å². The second kappa shape index (κ2) is 9.40. The van der Waals surface area contributed by atoms with Gasteiger partial charge in [0.1, 0.15) is 11.5 Å². The zero-order valence-corrected chi connectivity index (χ0v) is 19.0. The van der Waals surface area contributed by atoms with Gasteiger partial charge in [-0.05, 0) is 74.4 Å². The molecule has 0 unspecified atom stereocenters. The zero-order chi connectivity index (χ0) is 23.5. The maximum Gasteiger partial charge on any atom is 0.345 e. The van der Waals surface area contributed by atoms with E-state index >= 15 is 0 Å². The maximum atomic E-state index is 14.1.